The molecular weight excluding hydrogens is 204 g/mol. The first-order chi connectivity index (χ1) is 7.88. The lowest BCUT2D eigenvalue weighted by atomic mass is 10.1. The Labute approximate surface area is 96.0 Å². The fraction of sp³-hybridized carbons (Fsp3) is 0.583. The maximum atomic E-state index is 5.31. The van der Waals surface area contributed by atoms with Crippen molar-refractivity contribution in [1.29, 1.82) is 0 Å². The highest BCUT2D eigenvalue weighted by molar-refractivity contribution is 5.17. The van der Waals surface area contributed by atoms with E-state index < -0.39 is 0 Å². The number of hydrogen-bond acceptors (Lipinski definition) is 4. The van der Waals surface area contributed by atoms with Crippen molar-refractivity contribution >= 4 is 0 Å². The molecule has 0 aliphatic carbocycles. The van der Waals surface area contributed by atoms with Gasteiger partial charge in [0.1, 0.15) is 0 Å². The summed E-state index contributed by atoms with van der Waals surface area (Å²) in [6.45, 7) is 2.61. The van der Waals surface area contributed by atoms with Gasteiger partial charge < -0.3 is 14.8 Å². The fourth-order valence-electron chi connectivity index (χ4n) is 1.80. The first kappa shape index (κ1) is 11.4. The minimum absolute atomic E-state index is 0.579. The quantitative estimate of drug-likeness (QED) is 0.835. The number of rotatable bonds is 4. The van der Waals surface area contributed by atoms with E-state index in [1.165, 1.54) is 5.56 Å². The molecule has 1 saturated heterocycles. The number of pyridine rings is 1. The highest BCUT2D eigenvalue weighted by atomic mass is 16.5. The van der Waals surface area contributed by atoms with Crippen LogP contribution in [0.2, 0.25) is 0 Å². The summed E-state index contributed by atoms with van der Waals surface area (Å²) in [6, 6.07) is 4.51. The zero-order chi connectivity index (χ0) is 11.2. The third-order valence-electron chi connectivity index (χ3n) is 2.82. The molecule has 0 saturated carbocycles. The molecule has 2 heterocycles. The molecule has 1 aliphatic heterocycles. The molecule has 1 fully saturated rings. The van der Waals surface area contributed by atoms with Crippen LogP contribution in [0.5, 0.6) is 5.88 Å². The summed E-state index contributed by atoms with van der Waals surface area (Å²) in [7, 11) is 1.63. The number of methoxy groups -OCH3 is 1. The highest BCUT2D eigenvalue weighted by Crippen LogP contribution is 2.09. The van der Waals surface area contributed by atoms with Crippen molar-refractivity contribution in [1.82, 2.24) is 10.3 Å². The van der Waals surface area contributed by atoms with Crippen molar-refractivity contribution < 1.29 is 9.47 Å². The fourth-order valence-corrected chi connectivity index (χ4v) is 1.80. The molecule has 88 valence electrons. The van der Waals surface area contributed by atoms with Crippen LogP contribution in [0.3, 0.4) is 0 Å². The van der Waals surface area contributed by atoms with E-state index in [1.807, 2.05) is 18.3 Å². The molecule has 0 spiro atoms. The number of nitrogens with zero attached hydrogens (tertiary/aromatic N) is 1. The Bertz CT molecular complexity index is 307. The average molecular weight is 222 g/mol. The molecule has 4 nitrogen and oxygen atoms in total. The van der Waals surface area contributed by atoms with E-state index in [0.29, 0.717) is 11.9 Å². The summed E-state index contributed by atoms with van der Waals surface area (Å²) in [6.07, 6.45) is 4.05. The highest BCUT2D eigenvalue weighted by Gasteiger charge is 2.12. The van der Waals surface area contributed by atoms with Gasteiger partial charge in [-0.2, -0.15) is 0 Å². The van der Waals surface area contributed by atoms with Crippen molar-refractivity contribution in [3.63, 3.8) is 0 Å². The van der Waals surface area contributed by atoms with Crippen molar-refractivity contribution in [2.75, 3.05) is 20.3 Å². The molecule has 4 heteroatoms. The van der Waals surface area contributed by atoms with Gasteiger partial charge in [-0.1, -0.05) is 6.07 Å². The number of nitrogens with one attached hydrogen (secondary N) is 1. The normalized spacial score (nSPS) is 17.3. The van der Waals surface area contributed by atoms with Crippen molar-refractivity contribution in [2.24, 2.45) is 0 Å². The Balaban J connectivity index is 1.79. The molecule has 0 aromatic carbocycles. The Morgan fingerprint density at radius 2 is 2.25 bits per heavy atom. The van der Waals surface area contributed by atoms with E-state index in [2.05, 4.69) is 10.3 Å². The minimum atomic E-state index is 0.579. The molecule has 0 bridgehead atoms. The van der Waals surface area contributed by atoms with Crippen LogP contribution < -0.4 is 10.1 Å². The lowest BCUT2D eigenvalue weighted by Crippen LogP contribution is -2.34. The molecule has 0 unspecified atom stereocenters. The monoisotopic (exact) mass is 222 g/mol. The molecule has 1 aromatic heterocycles. The SMILES string of the molecule is COc1ccc(CNC2CCOCC2)cn1. The van der Waals surface area contributed by atoms with E-state index >= 15 is 0 Å². The summed E-state index contributed by atoms with van der Waals surface area (Å²) in [4.78, 5) is 4.17. The third-order valence-corrected chi connectivity index (χ3v) is 2.82. The number of aromatic nitrogens is 1. The van der Waals surface area contributed by atoms with Gasteiger partial charge >= 0.3 is 0 Å². The van der Waals surface area contributed by atoms with Gasteiger partial charge in [-0.25, -0.2) is 4.98 Å². The first-order valence-corrected chi connectivity index (χ1v) is 5.68. The summed E-state index contributed by atoms with van der Waals surface area (Å²) in [5.41, 5.74) is 1.19. The standard InChI is InChI=1S/C12H18N2O2/c1-15-12-3-2-10(9-14-12)8-13-11-4-6-16-7-5-11/h2-3,9,11,13H,4-8H2,1H3. The van der Waals surface area contributed by atoms with Crippen molar-refractivity contribution in [2.45, 2.75) is 25.4 Å². The van der Waals surface area contributed by atoms with Crippen LogP contribution in [-0.4, -0.2) is 31.3 Å². The molecule has 0 amide bonds. The average Bonchev–Trinajstić information content (AvgIpc) is 2.38. The largest absolute Gasteiger partial charge is 0.481 e. The Kier molecular flexibility index (Phi) is 4.13. The van der Waals surface area contributed by atoms with Gasteiger partial charge in [0, 0.05) is 38.1 Å². The van der Waals surface area contributed by atoms with Crippen LogP contribution in [0.1, 0.15) is 18.4 Å². The molecule has 1 aliphatic rings. The Hall–Kier alpha value is -1.13. The van der Waals surface area contributed by atoms with Crippen LogP contribution in [0.15, 0.2) is 18.3 Å². The lowest BCUT2D eigenvalue weighted by molar-refractivity contribution is 0.0776. The van der Waals surface area contributed by atoms with Crippen LogP contribution in [0.4, 0.5) is 0 Å². The van der Waals surface area contributed by atoms with E-state index in [-0.39, 0.29) is 0 Å². The molecule has 0 atom stereocenters. The van der Waals surface area contributed by atoms with Crippen LogP contribution in [-0.2, 0) is 11.3 Å². The molecule has 16 heavy (non-hydrogen) atoms. The molecule has 0 radical (unpaired) electrons. The van der Waals surface area contributed by atoms with Gasteiger partial charge in [-0.05, 0) is 18.4 Å². The Morgan fingerprint density at radius 3 is 2.88 bits per heavy atom. The van der Waals surface area contributed by atoms with Gasteiger partial charge in [0.15, 0.2) is 0 Å². The van der Waals surface area contributed by atoms with Crippen molar-refractivity contribution in [3.05, 3.63) is 23.9 Å². The minimum Gasteiger partial charge on any atom is -0.481 e. The second-order valence-electron chi connectivity index (χ2n) is 3.98. The van der Waals surface area contributed by atoms with Crippen LogP contribution in [0, 0.1) is 0 Å². The second-order valence-corrected chi connectivity index (χ2v) is 3.98. The maximum absolute atomic E-state index is 5.31. The van der Waals surface area contributed by atoms with Gasteiger partial charge in [0.05, 0.1) is 7.11 Å². The van der Waals surface area contributed by atoms with E-state index in [0.717, 1.165) is 32.6 Å². The topological polar surface area (TPSA) is 43.4 Å². The Morgan fingerprint density at radius 1 is 1.44 bits per heavy atom. The van der Waals surface area contributed by atoms with Gasteiger partial charge in [-0.15, -0.1) is 0 Å². The maximum Gasteiger partial charge on any atom is 0.212 e. The summed E-state index contributed by atoms with van der Waals surface area (Å²) in [5, 5.41) is 3.51. The predicted octanol–water partition coefficient (Wildman–Crippen LogP) is 1.36. The van der Waals surface area contributed by atoms with E-state index in [4.69, 9.17) is 9.47 Å². The van der Waals surface area contributed by atoms with Gasteiger partial charge in [0.2, 0.25) is 5.88 Å². The number of hydrogen-bond donors (Lipinski definition) is 1. The van der Waals surface area contributed by atoms with Crippen molar-refractivity contribution in [3.8, 4) is 5.88 Å². The summed E-state index contributed by atoms with van der Waals surface area (Å²) in [5.74, 6) is 0.662. The lowest BCUT2D eigenvalue weighted by Gasteiger charge is -2.23. The zero-order valence-corrected chi connectivity index (χ0v) is 9.61. The van der Waals surface area contributed by atoms with Crippen LogP contribution in [0.25, 0.3) is 0 Å². The number of ether oxygens (including phenoxy) is 2. The van der Waals surface area contributed by atoms with Crippen LogP contribution >= 0.6 is 0 Å². The zero-order valence-electron chi connectivity index (χ0n) is 9.61. The van der Waals surface area contributed by atoms with Gasteiger partial charge in [-0.3, -0.25) is 0 Å². The van der Waals surface area contributed by atoms with Gasteiger partial charge in [0.25, 0.3) is 0 Å². The third kappa shape index (κ3) is 3.18. The first-order valence-electron chi connectivity index (χ1n) is 5.68. The molecule has 1 aromatic rings. The second kappa shape index (κ2) is 5.82. The van der Waals surface area contributed by atoms with E-state index in [1.54, 1.807) is 7.11 Å². The molecule has 1 N–H and O–H groups in total. The summed E-state index contributed by atoms with van der Waals surface area (Å²) >= 11 is 0. The molecule has 2 rings (SSSR count). The predicted molar refractivity (Wildman–Crippen MR) is 61.5 cm³/mol. The smallest absolute Gasteiger partial charge is 0.212 e. The van der Waals surface area contributed by atoms with E-state index in [9.17, 15) is 0 Å². The molecular formula is C12H18N2O2. The summed E-state index contributed by atoms with van der Waals surface area (Å²) < 4.78 is 10.3.